The van der Waals surface area contributed by atoms with Gasteiger partial charge in [-0.2, -0.15) is 0 Å². The summed E-state index contributed by atoms with van der Waals surface area (Å²) in [5.74, 6) is 1.40. The zero-order valence-electron chi connectivity index (χ0n) is 13.6. The quantitative estimate of drug-likeness (QED) is 0.506. The minimum atomic E-state index is -0.948. The van der Waals surface area contributed by atoms with Crippen molar-refractivity contribution in [2.45, 2.75) is 0 Å². The van der Waals surface area contributed by atoms with Crippen molar-refractivity contribution >= 4 is 12.1 Å². The number of hydrogen-bond donors (Lipinski definition) is 2. The maximum absolute atomic E-state index is 13.0. The van der Waals surface area contributed by atoms with E-state index in [-0.39, 0.29) is 19.0 Å². The summed E-state index contributed by atoms with van der Waals surface area (Å²) in [6.07, 6.45) is 1.83. The van der Waals surface area contributed by atoms with Gasteiger partial charge < -0.3 is 15.2 Å². The highest BCUT2D eigenvalue weighted by Gasteiger charge is 2.30. The lowest BCUT2D eigenvalue weighted by molar-refractivity contribution is -1.02. The number of primary amides is 1. The molecule has 0 saturated heterocycles. The molecular formula is C18H18FN2O4+. The van der Waals surface area contributed by atoms with Crippen molar-refractivity contribution in [2.75, 3.05) is 20.2 Å². The summed E-state index contributed by atoms with van der Waals surface area (Å²) in [5.41, 5.74) is 6.64. The molecule has 2 amide bonds. The van der Waals surface area contributed by atoms with Gasteiger partial charge in [0.15, 0.2) is 0 Å². The largest absolute Gasteiger partial charge is 0.488 e. The summed E-state index contributed by atoms with van der Waals surface area (Å²) in [6.45, 7) is 0.282. The molecule has 1 atom stereocenters. The van der Waals surface area contributed by atoms with Crippen LogP contribution in [-0.2, 0) is 0 Å². The van der Waals surface area contributed by atoms with Crippen molar-refractivity contribution in [3.63, 3.8) is 0 Å². The number of quaternary nitrogens is 1. The lowest BCUT2D eigenvalue weighted by Gasteiger charge is -2.24. The number of nitrogens with two attached hydrogens (primary N) is 1. The van der Waals surface area contributed by atoms with Gasteiger partial charge in [-0.1, -0.05) is 0 Å². The van der Waals surface area contributed by atoms with E-state index in [1.807, 2.05) is 6.08 Å². The molecule has 1 aliphatic heterocycles. The molecule has 25 heavy (non-hydrogen) atoms. The zero-order chi connectivity index (χ0) is 18.0. The molecule has 0 aromatic heterocycles. The Kier molecular flexibility index (Phi) is 4.43. The number of benzene rings is 2. The number of rotatable bonds is 4. The van der Waals surface area contributed by atoms with Gasteiger partial charge in [0.25, 0.3) is 0 Å². The molecule has 7 heteroatoms. The minimum Gasteiger partial charge on any atom is -0.488 e. The van der Waals surface area contributed by atoms with Gasteiger partial charge in [-0.05, 0) is 48.5 Å². The SMILES string of the molecule is C[N+](O)(CC1=Cc2cc(Oc3ccc(F)cc3)ccc2OC1)C(N)=O. The fourth-order valence-corrected chi connectivity index (χ4v) is 2.47. The van der Waals surface area contributed by atoms with Crippen molar-refractivity contribution in [1.82, 2.24) is 0 Å². The van der Waals surface area contributed by atoms with E-state index in [9.17, 15) is 14.4 Å². The number of nitrogens with zero attached hydrogens (tertiary/aromatic N) is 1. The first-order chi connectivity index (χ1) is 11.8. The van der Waals surface area contributed by atoms with E-state index < -0.39 is 10.7 Å². The zero-order valence-corrected chi connectivity index (χ0v) is 13.6. The molecule has 0 bridgehead atoms. The van der Waals surface area contributed by atoms with Crippen LogP contribution in [0.4, 0.5) is 9.18 Å². The van der Waals surface area contributed by atoms with Crippen molar-refractivity contribution in [2.24, 2.45) is 5.73 Å². The van der Waals surface area contributed by atoms with Crippen LogP contribution < -0.4 is 15.2 Å². The van der Waals surface area contributed by atoms with Gasteiger partial charge in [0.2, 0.25) is 0 Å². The number of fused-ring (bicyclic) bond motifs is 1. The monoisotopic (exact) mass is 345 g/mol. The second-order valence-electron chi connectivity index (χ2n) is 5.98. The van der Waals surface area contributed by atoms with Crippen molar-refractivity contribution in [1.29, 1.82) is 0 Å². The number of urea groups is 1. The fraction of sp³-hybridized carbons (Fsp3) is 0.167. The molecule has 2 aromatic rings. The van der Waals surface area contributed by atoms with Gasteiger partial charge in [0.05, 0.1) is 0 Å². The molecule has 0 fully saturated rings. The number of hydrogen-bond acceptors (Lipinski definition) is 4. The molecule has 0 aliphatic carbocycles. The number of hydroxylamine groups is 3. The summed E-state index contributed by atoms with van der Waals surface area (Å²) in [4.78, 5) is 11.3. The molecule has 0 radical (unpaired) electrons. The van der Waals surface area contributed by atoms with Crippen LogP contribution in [0, 0.1) is 5.82 Å². The Bertz CT molecular complexity index is 831. The summed E-state index contributed by atoms with van der Waals surface area (Å²) in [7, 11) is 1.31. The first kappa shape index (κ1) is 16.9. The van der Waals surface area contributed by atoms with Crippen LogP contribution in [0.3, 0.4) is 0 Å². The maximum Gasteiger partial charge on any atom is 0.446 e. The van der Waals surface area contributed by atoms with Gasteiger partial charge in [-0.15, -0.1) is 4.65 Å². The lowest BCUT2D eigenvalue weighted by Crippen LogP contribution is -2.51. The molecule has 1 aliphatic rings. The second kappa shape index (κ2) is 6.54. The number of carbonyl (C=O) groups excluding carboxylic acids is 1. The van der Waals surface area contributed by atoms with E-state index in [2.05, 4.69) is 0 Å². The Balaban J connectivity index is 1.81. The van der Waals surface area contributed by atoms with Crippen LogP contribution in [0.25, 0.3) is 6.08 Å². The number of likely N-dealkylation sites (N-methyl/N-ethyl adjacent to an activating group) is 1. The maximum atomic E-state index is 13.0. The molecule has 6 nitrogen and oxygen atoms in total. The third-order valence-corrected chi connectivity index (χ3v) is 3.79. The second-order valence-corrected chi connectivity index (χ2v) is 5.98. The highest BCUT2D eigenvalue weighted by molar-refractivity contribution is 5.66. The van der Waals surface area contributed by atoms with Crippen molar-refractivity contribution in [3.05, 3.63) is 59.4 Å². The summed E-state index contributed by atoms with van der Waals surface area (Å²) in [5, 5.41) is 9.98. The van der Waals surface area contributed by atoms with E-state index in [1.165, 1.54) is 31.3 Å². The highest BCUT2D eigenvalue weighted by Crippen LogP contribution is 2.32. The summed E-state index contributed by atoms with van der Waals surface area (Å²) in [6, 6.07) is 10.1. The minimum absolute atomic E-state index is 0.0256. The Labute approximate surface area is 144 Å². The molecular weight excluding hydrogens is 327 g/mol. The normalized spacial score (nSPS) is 15.4. The number of ether oxygens (including phenoxy) is 2. The molecule has 2 aromatic carbocycles. The average molecular weight is 345 g/mol. The van der Waals surface area contributed by atoms with E-state index in [0.29, 0.717) is 17.2 Å². The van der Waals surface area contributed by atoms with E-state index in [1.54, 1.807) is 18.2 Å². The van der Waals surface area contributed by atoms with Crippen molar-refractivity contribution in [3.8, 4) is 17.2 Å². The van der Waals surface area contributed by atoms with Crippen LogP contribution >= 0.6 is 0 Å². The number of carbonyl (C=O) groups is 1. The highest BCUT2D eigenvalue weighted by atomic mass is 19.1. The molecule has 0 saturated carbocycles. The Morgan fingerprint density at radius 3 is 2.64 bits per heavy atom. The molecule has 3 N–H and O–H groups in total. The van der Waals surface area contributed by atoms with Gasteiger partial charge >= 0.3 is 6.03 Å². The van der Waals surface area contributed by atoms with Gasteiger partial charge in [0, 0.05) is 11.1 Å². The van der Waals surface area contributed by atoms with Gasteiger partial charge in [0.1, 0.15) is 43.3 Å². The van der Waals surface area contributed by atoms with Crippen molar-refractivity contribution < 1.29 is 28.5 Å². The first-order valence-corrected chi connectivity index (χ1v) is 7.61. The average Bonchev–Trinajstić information content (AvgIpc) is 2.56. The molecule has 0 spiro atoms. The summed E-state index contributed by atoms with van der Waals surface area (Å²) >= 11 is 0. The molecule has 130 valence electrons. The van der Waals surface area contributed by atoms with Gasteiger partial charge in [-0.25, -0.2) is 14.4 Å². The number of amides is 2. The van der Waals surface area contributed by atoms with Crippen LogP contribution in [0.15, 0.2) is 48.0 Å². The predicted molar refractivity (Wildman–Crippen MR) is 88.8 cm³/mol. The fourth-order valence-electron chi connectivity index (χ4n) is 2.47. The standard InChI is InChI=1S/C18H17FN2O4/c1-21(23,18(20)22)10-12-8-13-9-16(6-7-17(13)24-11-12)25-15-4-2-14(19)3-5-15/h2-9,23H,10-11H2,1H3,(H-,20,22)/p+1. The van der Waals surface area contributed by atoms with E-state index in [4.69, 9.17) is 15.2 Å². The predicted octanol–water partition coefficient (Wildman–Crippen LogP) is 3.31. The molecule has 1 unspecified atom stereocenters. The van der Waals surface area contributed by atoms with Crippen LogP contribution in [0.1, 0.15) is 5.56 Å². The van der Waals surface area contributed by atoms with E-state index >= 15 is 0 Å². The lowest BCUT2D eigenvalue weighted by atomic mass is 10.1. The Hall–Kier alpha value is -2.90. The van der Waals surface area contributed by atoms with Crippen LogP contribution in [-0.4, -0.2) is 36.1 Å². The Morgan fingerprint density at radius 2 is 1.96 bits per heavy atom. The van der Waals surface area contributed by atoms with E-state index in [0.717, 1.165) is 11.1 Å². The van der Waals surface area contributed by atoms with Crippen LogP contribution in [0.5, 0.6) is 17.2 Å². The first-order valence-electron chi connectivity index (χ1n) is 7.61. The van der Waals surface area contributed by atoms with Crippen LogP contribution in [0.2, 0.25) is 0 Å². The Morgan fingerprint density at radius 1 is 1.28 bits per heavy atom. The third kappa shape index (κ3) is 3.96. The molecule has 3 rings (SSSR count). The third-order valence-electron chi connectivity index (χ3n) is 3.79. The smallest absolute Gasteiger partial charge is 0.446 e. The summed E-state index contributed by atoms with van der Waals surface area (Å²) < 4.78 is 23.3. The molecule has 1 heterocycles. The number of halogens is 1. The topological polar surface area (TPSA) is 81.8 Å². The van der Waals surface area contributed by atoms with Gasteiger partial charge in [-0.3, -0.25) is 0 Å².